The zero-order valence-corrected chi connectivity index (χ0v) is 26.0. The number of nitrogens with zero attached hydrogens (tertiary/aromatic N) is 2. The Morgan fingerprint density at radius 2 is 1.61 bits per heavy atom. The van der Waals surface area contributed by atoms with Crippen molar-refractivity contribution < 1.29 is 23.9 Å². The number of aryl methyl sites for hydroxylation is 1. The summed E-state index contributed by atoms with van der Waals surface area (Å²) in [7, 11) is 0. The number of rotatable bonds is 6. The Labute approximate surface area is 265 Å². The molecule has 0 N–H and O–H groups in total. The van der Waals surface area contributed by atoms with E-state index < -0.39 is 12.1 Å². The molecule has 6 rings (SSSR count). The van der Waals surface area contributed by atoms with E-state index in [1.807, 2.05) is 6.92 Å². The van der Waals surface area contributed by atoms with Gasteiger partial charge in [-0.15, -0.1) is 0 Å². The van der Waals surface area contributed by atoms with Gasteiger partial charge < -0.3 is 4.74 Å². The van der Waals surface area contributed by atoms with Crippen LogP contribution in [0, 0.1) is 24.7 Å². The molecule has 224 valence electrons. The van der Waals surface area contributed by atoms with Gasteiger partial charge in [0.25, 0.3) is 0 Å². The number of halogens is 2. The van der Waals surface area contributed by atoms with Gasteiger partial charge in [0.05, 0.1) is 34.3 Å². The summed E-state index contributed by atoms with van der Waals surface area (Å²) in [4.78, 5) is 59.1. The van der Waals surface area contributed by atoms with Gasteiger partial charge in [-0.2, -0.15) is 0 Å². The summed E-state index contributed by atoms with van der Waals surface area (Å²) in [6, 6.07) is 18.4. The largest absolute Gasteiger partial charge is 0.451 e. The summed E-state index contributed by atoms with van der Waals surface area (Å²) < 4.78 is 5.65. The van der Waals surface area contributed by atoms with E-state index in [1.165, 1.54) is 11.8 Å². The number of hydrogen-bond acceptors (Lipinski definition) is 6. The molecule has 0 radical (unpaired) electrons. The zero-order chi connectivity index (χ0) is 31.3. The van der Waals surface area contributed by atoms with Gasteiger partial charge >= 0.3 is 5.97 Å². The molecule has 1 saturated carbocycles. The first kappa shape index (κ1) is 30.0. The quantitative estimate of drug-likeness (QED) is 0.122. The van der Waals surface area contributed by atoms with Crippen molar-refractivity contribution in [2.75, 3.05) is 4.90 Å². The molecule has 2 amide bonds. The molecule has 4 atom stereocenters. The van der Waals surface area contributed by atoms with Gasteiger partial charge in [-0.25, -0.2) is 9.78 Å². The summed E-state index contributed by atoms with van der Waals surface area (Å²) >= 11 is 12.4. The first-order chi connectivity index (χ1) is 21.0. The third-order valence-electron chi connectivity index (χ3n) is 8.78. The highest BCUT2D eigenvalue weighted by molar-refractivity contribution is 6.32. The number of ketones is 1. The van der Waals surface area contributed by atoms with Crippen molar-refractivity contribution in [2.24, 2.45) is 17.8 Å². The zero-order valence-electron chi connectivity index (χ0n) is 24.5. The van der Waals surface area contributed by atoms with Crippen molar-refractivity contribution in [1.29, 1.82) is 0 Å². The van der Waals surface area contributed by atoms with Crippen molar-refractivity contribution >= 4 is 63.4 Å². The Hall–Kier alpha value is -4.07. The van der Waals surface area contributed by atoms with Crippen LogP contribution in [0.15, 0.2) is 66.7 Å². The molecule has 2 fully saturated rings. The van der Waals surface area contributed by atoms with E-state index in [0.29, 0.717) is 54.9 Å². The molecule has 2 heterocycles. The van der Waals surface area contributed by atoms with Crippen LogP contribution in [0.25, 0.3) is 22.2 Å². The molecule has 4 aromatic rings. The fraction of sp³-hybridized carbons (Fsp3) is 0.286. The highest BCUT2D eigenvalue weighted by Crippen LogP contribution is 2.42. The average Bonchev–Trinajstić information content (AvgIpc) is 3.26. The van der Waals surface area contributed by atoms with Gasteiger partial charge in [0, 0.05) is 26.6 Å². The van der Waals surface area contributed by atoms with E-state index in [4.69, 9.17) is 32.9 Å². The van der Waals surface area contributed by atoms with Crippen LogP contribution in [-0.4, -0.2) is 34.7 Å². The van der Waals surface area contributed by atoms with Crippen LogP contribution in [0.4, 0.5) is 5.69 Å². The molecule has 1 aromatic heterocycles. The molecule has 0 spiro atoms. The first-order valence-electron chi connectivity index (χ1n) is 14.6. The molecular weight excluding hydrogens is 599 g/mol. The van der Waals surface area contributed by atoms with Crippen molar-refractivity contribution in [2.45, 2.75) is 46.1 Å². The first-order valence-corrected chi connectivity index (χ1v) is 15.4. The maximum absolute atomic E-state index is 13.5. The van der Waals surface area contributed by atoms with Crippen molar-refractivity contribution in [3.05, 3.63) is 93.5 Å². The van der Waals surface area contributed by atoms with Crippen LogP contribution in [0.3, 0.4) is 0 Å². The lowest BCUT2D eigenvalue weighted by Gasteiger charge is -2.25. The van der Waals surface area contributed by atoms with Gasteiger partial charge in [0.15, 0.2) is 6.10 Å². The molecule has 9 heteroatoms. The van der Waals surface area contributed by atoms with Gasteiger partial charge in [0.1, 0.15) is 0 Å². The molecule has 1 aliphatic carbocycles. The molecule has 1 aliphatic heterocycles. The molecule has 7 nitrogen and oxygen atoms in total. The Balaban J connectivity index is 1.32. The van der Waals surface area contributed by atoms with Gasteiger partial charge in [-0.1, -0.05) is 48.3 Å². The maximum Gasteiger partial charge on any atom is 0.339 e. The smallest absolute Gasteiger partial charge is 0.339 e. The van der Waals surface area contributed by atoms with E-state index in [-0.39, 0.29) is 35.0 Å². The highest BCUT2D eigenvalue weighted by Gasteiger charge is 2.49. The van der Waals surface area contributed by atoms with Crippen molar-refractivity contribution in [3.8, 4) is 11.3 Å². The number of anilines is 1. The van der Waals surface area contributed by atoms with E-state index in [0.717, 1.165) is 19.3 Å². The molecule has 3 aromatic carbocycles. The highest BCUT2D eigenvalue weighted by atomic mass is 35.5. The fourth-order valence-electron chi connectivity index (χ4n) is 6.27. The third kappa shape index (κ3) is 5.39. The number of hydrogen-bond donors (Lipinski definition) is 0. The maximum atomic E-state index is 13.5. The lowest BCUT2D eigenvalue weighted by molar-refractivity contribution is -0.122. The minimum Gasteiger partial charge on any atom is -0.451 e. The van der Waals surface area contributed by atoms with Gasteiger partial charge in [0.2, 0.25) is 17.6 Å². The summed E-state index contributed by atoms with van der Waals surface area (Å²) in [5, 5.41) is 1.52. The second-order valence-electron chi connectivity index (χ2n) is 11.7. The number of aromatic nitrogens is 1. The number of Topliss-reactive ketones (excluding diaryl/α,β-unsaturated/α-hetero) is 1. The standard InChI is InChI=1S/C35H30Cl2N2O5/c1-18-4-13-26-27(16-18)34(42)39(33(26)41)24-11-7-21(8-12-24)30-17-28(25-14-15-29(37)19(2)31(25)38-30)35(43)44-20(3)32(40)22-5-9-23(36)10-6-22/h5-12,14-15,17-18,20,26-27H,4,13,16H2,1-3H3. The molecule has 4 unspecified atom stereocenters. The number of benzene rings is 3. The molecule has 0 bridgehead atoms. The van der Waals surface area contributed by atoms with E-state index >= 15 is 0 Å². The van der Waals surface area contributed by atoms with Gasteiger partial charge in [-0.05, 0) is 93.1 Å². The van der Waals surface area contributed by atoms with Gasteiger partial charge in [-0.3, -0.25) is 19.3 Å². The third-order valence-corrected chi connectivity index (χ3v) is 9.44. The summed E-state index contributed by atoms with van der Waals surface area (Å²) in [6.07, 6.45) is 1.36. The Kier molecular flexibility index (Phi) is 8.03. The monoisotopic (exact) mass is 628 g/mol. The predicted molar refractivity (Wildman–Crippen MR) is 170 cm³/mol. The van der Waals surface area contributed by atoms with Crippen LogP contribution in [-0.2, 0) is 14.3 Å². The number of ether oxygens (including phenoxy) is 1. The summed E-state index contributed by atoms with van der Waals surface area (Å²) in [5.41, 5.74) is 3.46. The van der Waals surface area contributed by atoms with E-state index in [2.05, 4.69) is 6.92 Å². The average molecular weight is 630 g/mol. The second-order valence-corrected chi connectivity index (χ2v) is 12.6. The Morgan fingerprint density at radius 3 is 2.32 bits per heavy atom. The molecular formula is C35H30Cl2N2O5. The topological polar surface area (TPSA) is 93.6 Å². The van der Waals surface area contributed by atoms with E-state index in [9.17, 15) is 19.2 Å². The molecule has 44 heavy (non-hydrogen) atoms. The number of amides is 2. The van der Waals surface area contributed by atoms with Crippen LogP contribution in [0.5, 0.6) is 0 Å². The van der Waals surface area contributed by atoms with Crippen LogP contribution >= 0.6 is 23.2 Å². The summed E-state index contributed by atoms with van der Waals surface area (Å²) in [5.74, 6) is -1.41. The molecule has 1 saturated heterocycles. The number of pyridine rings is 1. The normalized spacial score (nSPS) is 20.5. The molecule has 2 aliphatic rings. The number of carbonyl (C=O) groups is 4. The second kappa shape index (κ2) is 11.8. The minimum atomic E-state index is -1.05. The van der Waals surface area contributed by atoms with Crippen molar-refractivity contribution in [3.63, 3.8) is 0 Å². The number of imide groups is 1. The van der Waals surface area contributed by atoms with E-state index in [1.54, 1.807) is 66.7 Å². The van der Waals surface area contributed by atoms with Crippen LogP contribution in [0.1, 0.15) is 59.4 Å². The van der Waals surface area contributed by atoms with Crippen molar-refractivity contribution in [1.82, 2.24) is 4.98 Å². The predicted octanol–water partition coefficient (Wildman–Crippen LogP) is 7.87. The van der Waals surface area contributed by atoms with Crippen LogP contribution in [0.2, 0.25) is 10.0 Å². The lowest BCUT2D eigenvalue weighted by atomic mass is 9.76. The number of esters is 1. The fourth-order valence-corrected chi connectivity index (χ4v) is 6.55. The Bertz CT molecular complexity index is 1820. The SMILES string of the molecule is Cc1c(Cl)ccc2c(C(=O)OC(C)C(=O)c3ccc(Cl)cc3)cc(-c3ccc(N4C(=O)C5CCC(C)CC5C4=O)cc3)nc12. The summed E-state index contributed by atoms with van der Waals surface area (Å²) in [6.45, 7) is 5.47. The Morgan fingerprint density at radius 1 is 0.932 bits per heavy atom. The number of carbonyl (C=O) groups excluding carboxylic acids is 4. The van der Waals surface area contributed by atoms with Crippen LogP contribution < -0.4 is 4.90 Å². The minimum absolute atomic E-state index is 0.138. The lowest BCUT2D eigenvalue weighted by Crippen LogP contribution is -2.30. The number of fused-ring (bicyclic) bond motifs is 2.